The van der Waals surface area contributed by atoms with Crippen molar-refractivity contribution in [1.29, 1.82) is 0 Å². The van der Waals surface area contributed by atoms with Crippen molar-refractivity contribution in [3.05, 3.63) is 70.5 Å². The second kappa shape index (κ2) is 11.6. The summed E-state index contributed by atoms with van der Waals surface area (Å²) in [5.41, 5.74) is -0.869. The average molecular weight is 450 g/mol. The first-order valence-electron chi connectivity index (χ1n) is 9.72. The number of benzene rings is 2. The molecule has 0 saturated heterocycles. The molecular formula is C23H30O2SSe. The summed E-state index contributed by atoms with van der Waals surface area (Å²) < 4.78 is 15.1. The number of unbranched alkanes of at least 4 members (excludes halogenated alkanes) is 2. The van der Waals surface area contributed by atoms with Crippen LogP contribution in [0.15, 0.2) is 75.4 Å². The van der Waals surface area contributed by atoms with Gasteiger partial charge >= 0.3 is 173 Å². The van der Waals surface area contributed by atoms with Crippen molar-refractivity contribution in [1.82, 2.24) is 0 Å². The van der Waals surface area contributed by atoms with E-state index in [9.17, 15) is 9.32 Å². The van der Waals surface area contributed by atoms with Gasteiger partial charge in [-0.2, -0.15) is 0 Å². The summed E-state index contributed by atoms with van der Waals surface area (Å²) in [4.78, 5) is 0.784. The Labute approximate surface area is 172 Å². The Hall–Kier alpha value is -1.19. The van der Waals surface area contributed by atoms with Crippen molar-refractivity contribution < 1.29 is 9.32 Å². The fourth-order valence-electron chi connectivity index (χ4n) is 2.87. The van der Waals surface area contributed by atoms with Crippen LogP contribution >= 0.6 is 0 Å². The Morgan fingerprint density at radius 3 is 2.00 bits per heavy atom. The van der Waals surface area contributed by atoms with Crippen molar-refractivity contribution in [3.63, 3.8) is 0 Å². The molecule has 2 aromatic rings. The average Bonchev–Trinajstić information content (AvgIpc) is 2.71. The Morgan fingerprint density at radius 2 is 1.48 bits per heavy atom. The molecule has 27 heavy (non-hydrogen) atoms. The summed E-state index contributed by atoms with van der Waals surface area (Å²) in [6.45, 7) is 4.29. The molecule has 1 unspecified atom stereocenters. The topological polar surface area (TPSA) is 37.3 Å². The number of hydrogen-bond acceptors (Lipinski definition) is 2. The Kier molecular flexibility index (Phi) is 9.50. The van der Waals surface area contributed by atoms with Crippen molar-refractivity contribution in [3.8, 4) is 0 Å². The molecule has 2 aromatic carbocycles. The van der Waals surface area contributed by atoms with Crippen LogP contribution in [0.25, 0.3) is 0 Å². The van der Waals surface area contributed by atoms with Crippen molar-refractivity contribution in [2.75, 3.05) is 0 Å². The van der Waals surface area contributed by atoms with Crippen molar-refractivity contribution in [2.24, 2.45) is 0 Å². The number of rotatable bonds is 11. The molecule has 0 amide bonds. The van der Waals surface area contributed by atoms with Gasteiger partial charge in [-0.3, -0.25) is 0 Å². The third-order valence-corrected chi connectivity index (χ3v) is 8.60. The maximum absolute atomic E-state index is 13.0. The van der Waals surface area contributed by atoms with Crippen LogP contribution in [0.2, 0.25) is 0 Å². The molecule has 4 heteroatoms. The van der Waals surface area contributed by atoms with E-state index in [0.717, 1.165) is 47.9 Å². The van der Waals surface area contributed by atoms with Gasteiger partial charge < -0.3 is 0 Å². The summed E-state index contributed by atoms with van der Waals surface area (Å²) >= 11 is -0.0536. The van der Waals surface area contributed by atoms with Gasteiger partial charge in [0.1, 0.15) is 0 Å². The van der Waals surface area contributed by atoms with E-state index in [1.807, 2.05) is 53.9 Å². The van der Waals surface area contributed by atoms with E-state index >= 15 is 0 Å². The second-order valence-electron chi connectivity index (χ2n) is 6.75. The molecule has 0 aliphatic heterocycles. The molecule has 0 aliphatic rings. The summed E-state index contributed by atoms with van der Waals surface area (Å²) in [6.07, 6.45) is 5.50. The fraction of sp³-hybridized carbons (Fsp3) is 0.391. The maximum atomic E-state index is 13.0. The molecule has 1 atom stereocenters. The molecular weight excluding hydrogens is 419 g/mol. The predicted octanol–water partition coefficient (Wildman–Crippen LogP) is 4.78. The second-order valence-corrected chi connectivity index (χ2v) is 10.4. The van der Waals surface area contributed by atoms with E-state index in [0.29, 0.717) is 0 Å². The van der Waals surface area contributed by atoms with Crippen molar-refractivity contribution >= 4 is 30.2 Å². The van der Waals surface area contributed by atoms with E-state index in [1.165, 1.54) is 4.46 Å². The predicted molar refractivity (Wildman–Crippen MR) is 117 cm³/mol. The van der Waals surface area contributed by atoms with Gasteiger partial charge in [0.15, 0.2) is 0 Å². The van der Waals surface area contributed by atoms with E-state index in [-0.39, 0.29) is 15.0 Å². The Balaban J connectivity index is 2.39. The third kappa shape index (κ3) is 7.04. The van der Waals surface area contributed by atoms with E-state index in [1.54, 1.807) is 0 Å². The molecule has 0 radical (unpaired) electrons. The van der Waals surface area contributed by atoms with Crippen LogP contribution in [0.3, 0.4) is 0 Å². The first kappa shape index (κ1) is 22.1. The zero-order chi connectivity index (χ0) is 19.5. The number of hydrogen-bond donors (Lipinski definition) is 1. The summed E-state index contributed by atoms with van der Waals surface area (Å²) in [6, 6.07) is 19.8. The summed E-state index contributed by atoms with van der Waals surface area (Å²) in [5.74, 6) is 0. The monoisotopic (exact) mass is 450 g/mol. The van der Waals surface area contributed by atoms with Crippen LogP contribution in [0, 0.1) is 0 Å². The summed E-state index contributed by atoms with van der Waals surface area (Å²) in [5, 5.41) is 13.4. The molecule has 0 bridgehead atoms. The van der Waals surface area contributed by atoms with E-state index in [4.69, 9.17) is 0 Å². The quantitative estimate of drug-likeness (QED) is 0.502. The van der Waals surface area contributed by atoms with Crippen LogP contribution in [0.1, 0.15) is 52.4 Å². The van der Waals surface area contributed by atoms with Crippen molar-refractivity contribution in [2.45, 2.75) is 62.9 Å². The molecule has 146 valence electrons. The molecule has 2 nitrogen and oxygen atoms in total. The molecule has 0 fully saturated rings. The minimum absolute atomic E-state index is 0.0536. The first-order chi connectivity index (χ1) is 13.1. The van der Waals surface area contributed by atoms with E-state index < -0.39 is 16.4 Å². The van der Waals surface area contributed by atoms with Gasteiger partial charge in [-0.25, -0.2) is 0 Å². The SMILES string of the molecule is CCCCC(O)(CCCC)/C(=C\S(=O)c1ccccc1)[Se]c1ccccc1. The third-order valence-electron chi connectivity index (χ3n) is 4.51. The molecule has 0 heterocycles. The molecule has 0 saturated carbocycles. The number of aliphatic hydroxyl groups is 1. The molecule has 0 spiro atoms. The summed E-state index contributed by atoms with van der Waals surface area (Å²) in [7, 11) is -1.25. The Morgan fingerprint density at radius 1 is 0.963 bits per heavy atom. The van der Waals surface area contributed by atoms with Crippen LogP contribution in [-0.2, 0) is 10.8 Å². The molecule has 2 rings (SSSR count). The molecule has 0 aliphatic carbocycles. The molecule has 0 aromatic heterocycles. The van der Waals surface area contributed by atoms with Crippen LogP contribution in [-0.4, -0.2) is 29.9 Å². The zero-order valence-corrected chi connectivity index (χ0v) is 18.8. The minimum atomic E-state index is -1.25. The zero-order valence-electron chi connectivity index (χ0n) is 16.3. The van der Waals surface area contributed by atoms with Crippen LogP contribution in [0.4, 0.5) is 0 Å². The van der Waals surface area contributed by atoms with Gasteiger partial charge in [-0.15, -0.1) is 0 Å². The first-order valence-corrected chi connectivity index (χ1v) is 12.6. The van der Waals surface area contributed by atoms with E-state index in [2.05, 4.69) is 26.0 Å². The van der Waals surface area contributed by atoms with Crippen LogP contribution in [0.5, 0.6) is 0 Å². The normalized spacial score (nSPS) is 13.5. The van der Waals surface area contributed by atoms with Gasteiger partial charge in [0.25, 0.3) is 0 Å². The van der Waals surface area contributed by atoms with Gasteiger partial charge in [0.05, 0.1) is 0 Å². The van der Waals surface area contributed by atoms with Gasteiger partial charge in [0.2, 0.25) is 0 Å². The fourth-order valence-corrected chi connectivity index (χ4v) is 6.73. The van der Waals surface area contributed by atoms with Gasteiger partial charge in [-0.1, -0.05) is 0 Å². The Bertz CT molecular complexity index is 721. The van der Waals surface area contributed by atoms with Crippen LogP contribution < -0.4 is 4.46 Å². The van der Waals surface area contributed by atoms with Gasteiger partial charge in [0, 0.05) is 0 Å². The van der Waals surface area contributed by atoms with Gasteiger partial charge in [-0.05, 0) is 0 Å². The molecule has 1 N–H and O–H groups in total. The standard InChI is InChI=1S/C23H30O2SSe/c1-3-5-17-23(24,18-6-4-2)22(27-21-15-11-8-12-16-21)19-26(25)20-13-9-7-10-14-20/h7-16,19,24H,3-6,17-18H2,1-2H3/b22-19+.